The summed E-state index contributed by atoms with van der Waals surface area (Å²) in [7, 11) is 0. The lowest BCUT2D eigenvalue weighted by molar-refractivity contribution is -0.489. The monoisotopic (exact) mass is 850 g/mol. The van der Waals surface area contributed by atoms with Crippen LogP contribution in [0.4, 0.5) is 149 Å². The van der Waals surface area contributed by atoms with Crippen LogP contribution in [0, 0.1) is 0 Å². The van der Waals surface area contributed by atoms with Crippen molar-refractivity contribution >= 4 is 0 Å². The first-order valence-corrected chi connectivity index (χ1v) is 10.4. The molecule has 0 N–H and O–H groups in total. The Morgan fingerprint density at radius 1 is 0.196 bits per heavy atom. The lowest BCUT2D eigenvalue weighted by Gasteiger charge is -2.46. The van der Waals surface area contributed by atoms with E-state index in [0.29, 0.717) is 0 Å². The highest BCUT2D eigenvalue weighted by Gasteiger charge is 3.01. The van der Waals surface area contributed by atoms with Crippen molar-refractivity contribution in [2.45, 2.75) is 89.1 Å². The first kappa shape index (κ1) is 48.4. The Kier molecular flexibility index (Phi) is 11.1. The van der Waals surface area contributed by atoms with Crippen LogP contribution in [0.1, 0.15) is 0 Å². The second-order valence-electron chi connectivity index (χ2n) is 9.11. The van der Waals surface area contributed by atoms with Crippen LogP contribution >= 0.6 is 0 Å². The van der Waals surface area contributed by atoms with Gasteiger partial charge in [-0.2, -0.15) is 149 Å². The van der Waals surface area contributed by atoms with Gasteiger partial charge in [0.2, 0.25) is 5.83 Å². The summed E-state index contributed by atoms with van der Waals surface area (Å²) in [4.78, 5) is 0. The second-order valence-corrected chi connectivity index (χ2v) is 9.11. The Morgan fingerprint density at radius 2 is 0.333 bits per heavy atom. The van der Waals surface area contributed by atoms with Crippen LogP contribution in [0.2, 0.25) is 0 Å². The van der Waals surface area contributed by atoms with E-state index in [1.165, 1.54) is 0 Å². The normalized spacial score (nSPS) is 16.8. The van der Waals surface area contributed by atoms with Crippen LogP contribution in [0.15, 0.2) is 11.9 Å². The molecule has 0 radical (unpaired) electrons. The molecule has 0 nitrogen and oxygen atoms in total. The molecule has 0 aliphatic carbocycles. The Hall–Kier alpha value is -2.64. The summed E-state index contributed by atoms with van der Waals surface area (Å²) in [6.07, 6.45) is -13.4. The molecule has 0 unspecified atom stereocenters. The minimum absolute atomic E-state index is 4.99. The third-order valence-corrected chi connectivity index (χ3v) is 5.92. The van der Waals surface area contributed by atoms with Gasteiger partial charge in [0, 0.05) is 0 Å². The third kappa shape index (κ3) is 5.48. The predicted octanol–water partition coefficient (Wildman–Crippen LogP) is 11.5. The van der Waals surface area contributed by atoms with Gasteiger partial charge in [-0.1, -0.05) is 0 Å². The number of hydrogen-bond donors (Lipinski definition) is 0. The Balaban J connectivity index is 7.73. The molecule has 0 aliphatic rings. The highest BCUT2D eigenvalue weighted by molar-refractivity contribution is 5.23. The molecular weight excluding hydrogens is 850 g/mol. The Bertz CT molecular complexity index is 1310. The Labute approximate surface area is 252 Å². The van der Waals surface area contributed by atoms with E-state index in [4.69, 9.17) is 0 Å². The average Bonchev–Trinajstić information content (AvgIpc) is 2.90. The van der Waals surface area contributed by atoms with Crippen molar-refractivity contribution in [3.63, 3.8) is 0 Å². The highest BCUT2D eigenvalue weighted by Crippen LogP contribution is 2.69. The minimum atomic E-state index is -10.2. The molecule has 0 aromatic heterocycles. The summed E-state index contributed by atoms with van der Waals surface area (Å²) in [6.45, 7) is 0. The quantitative estimate of drug-likeness (QED) is 0.153. The number of rotatable bonds is 14. The van der Waals surface area contributed by atoms with Crippen molar-refractivity contribution in [3.8, 4) is 0 Å². The molecule has 0 fully saturated rings. The van der Waals surface area contributed by atoms with Crippen LogP contribution in [0.3, 0.4) is 0 Å². The molecule has 0 amide bonds. The summed E-state index contributed by atoms with van der Waals surface area (Å²) in [5, 5.41) is 0. The Morgan fingerprint density at radius 3 is 0.471 bits per heavy atom. The summed E-state index contributed by atoms with van der Waals surface area (Å²) in [6, 6.07) is 0. The van der Waals surface area contributed by atoms with E-state index >= 15 is 0 Å². The molecular formula is C17F34. The average molecular weight is 850 g/mol. The number of allylic oxidation sites excluding steroid dienone is 1. The van der Waals surface area contributed by atoms with Gasteiger partial charge in [-0.25, -0.2) is 0 Å². The van der Waals surface area contributed by atoms with Crippen molar-refractivity contribution < 1.29 is 149 Å². The maximum absolute atomic E-state index is 13.7. The molecule has 306 valence electrons. The minimum Gasteiger partial charge on any atom is -0.199 e. The molecule has 0 aromatic rings. The number of alkyl halides is 31. The molecule has 0 atom stereocenters. The van der Waals surface area contributed by atoms with Gasteiger partial charge in [-0.3, -0.25) is 0 Å². The first-order chi connectivity index (χ1) is 21.4. The molecule has 34 heteroatoms. The van der Waals surface area contributed by atoms with Gasteiger partial charge in [-0.15, -0.1) is 0 Å². The molecule has 51 heavy (non-hydrogen) atoms. The van der Waals surface area contributed by atoms with Crippen molar-refractivity contribution in [2.75, 3.05) is 0 Å². The largest absolute Gasteiger partial charge is 0.460 e. The lowest BCUT2D eigenvalue weighted by Crippen LogP contribution is -2.79. The van der Waals surface area contributed by atoms with Crippen molar-refractivity contribution in [1.29, 1.82) is 0 Å². The van der Waals surface area contributed by atoms with Gasteiger partial charge < -0.3 is 0 Å². The molecule has 0 spiro atoms. The standard InChI is InChI=1S/C17F34/c18-1(2(19)20)3(21,22)4(23,24)5(25,26)6(27,28)7(29,30)8(31,32)9(33,34)10(35,36)11(37,38)12(39,40)13(41,42)14(43,44)15(45,46)16(47,48)17(49,50)51. The molecule has 0 rings (SSSR count). The molecule has 0 aliphatic heterocycles. The summed E-state index contributed by atoms with van der Waals surface area (Å²) in [5.41, 5.74) is 0. The van der Waals surface area contributed by atoms with Gasteiger partial charge >= 0.3 is 95.2 Å². The van der Waals surface area contributed by atoms with E-state index in [1.54, 1.807) is 0 Å². The van der Waals surface area contributed by atoms with Crippen LogP contribution in [0.5, 0.6) is 0 Å². The van der Waals surface area contributed by atoms with Crippen LogP contribution in [-0.2, 0) is 0 Å². The SMILES string of the molecule is FC(F)=C(F)C(F)(F)C(F)(F)C(F)(F)C(F)(F)C(F)(F)C(F)(F)C(F)(F)C(F)(F)C(F)(F)C(F)(F)C(F)(F)C(F)(F)C(F)(F)C(F)(F)C(F)(F)F. The van der Waals surface area contributed by atoms with Gasteiger partial charge in [-0.05, 0) is 0 Å². The maximum atomic E-state index is 13.7. The smallest absolute Gasteiger partial charge is 0.199 e. The summed E-state index contributed by atoms with van der Waals surface area (Å²) < 4.78 is 449. The first-order valence-electron chi connectivity index (χ1n) is 10.4. The van der Waals surface area contributed by atoms with Crippen LogP contribution in [0.25, 0.3) is 0 Å². The number of halogens is 34. The van der Waals surface area contributed by atoms with Crippen molar-refractivity contribution in [2.24, 2.45) is 0 Å². The second kappa shape index (κ2) is 11.7. The van der Waals surface area contributed by atoms with E-state index in [9.17, 15) is 149 Å². The lowest BCUT2D eigenvalue weighted by atomic mass is 9.83. The molecule has 0 aromatic carbocycles. The zero-order valence-electron chi connectivity index (χ0n) is 21.4. The molecule has 0 saturated heterocycles. The van der Waals surface area contributed by atoms with Gasteiger partial charge in [0.05, 0.1) is 0 Å². The highest BCUT2D eigenvalue weighted by atomic mass is 19.4. The van der Waals surface area contributed by atoms with Gasteiger partial charge in [0.1, 0.15) is 0 Å². The van der Waals surface area contributed by atoms with Crippen molar-refractivity contribution in [3.05, 3.63) is 11.9 Å². The van der Waals surface area contributed by atoms with E-state index in [2.05, 4.69) is 0 Å². The molecule has 0 saturated carbocycles. The summed E-state index contributed by atoms with van der Waals surface area (Å²) >= 11 is 0. The fourth-order valence-electron chi connectivity index (χ4n) is 2.80. The zero-order valence-corrected chi connectivity index (χ0v) is 21.4. The van der Waals surface area contributed by atoms with Crippen LogP contribution in [-0.4, -0.2) is 89.1 Å². The van der Waals surface area contributed by atoms with E-state index in [-0.39, 0.29) is 0 Å². The van der Waals surface area contributed by atoms with E-state index in [0.717, 1.165) is 0 Å². The number of hydrogen-bond acceptors (Lipinski definition) is 0. The summed E-state index contributed by atoms with van der Waals surface area (Å²) in [5.74, 6) is -141. The van der Waals surface area contributed by atoms with Gasteiger partial charge in [0.15, 0.2) is 0 Å². The molecule has 0 bridgehead atoms. The topological polar surface area (TPSA) is 0 Å². The maximum Gasteiger partial charge on any atom is 0.460 e. The van der Waals surface area contributed by atoms with E-state index in [1.807, 2.05) is 0 Å². The fourth-order valence-corrected chi connectivity index (χ4v) is 2.80. The van der Waals surface area contributed by atoms with Gasteiger partial charge in [0.25, 0.3) is 0 Å². The fraction of sp³-hybridized carbons (Fsp3) is 0.882. The van der Waals surface area contributed by atoms with Crippen molar-refractivity contribution in [1.82, 2.24) is 0 Å². The molecule has 0 heterocycles. The van der Waals surface area contributed by atoms with Crippen LogP contribution < -0.4 is 0 Å². The third-order valence-electron chi connectivity index (χ3n) is 5.92. The predicted molar refractivity (Wildman–Crippen MR) is 85.7 cm³/mol. The zero-order chi connectivity index (χ0) is 42.7. The van der Waals surface area contributed by atoms with E-state index < -0.39 is 101 Å².